The molecule has 1 aromatic rings. The molecule has 0 aliphatic rings. The highest BCUT2D eigenvalue weighted by Crippen LogP contribution is 2.30. The molecule has 2 N–H and O–H groups in total. The zero-order valence-corrected chi connectivity index (χ0v) is 21.6. The average molecular weight is 461 g/mol. The third kappa shape index (κ3) is 11.2. The summed E-state index contributed by atoms with van der Waals surface area (Å²) in [5.41, 5.74) is 1.61. The molecule has 0 fully saturated rings. The van der Waals surface area contributed by atoms with E-state index in [1.54, 1.807) is 0 Å². The lowest BCUT2D eigenvalue weighted by Gasteiger charge is -2.19. The molecule has 0 saturated heterocycles. The van der Waals surface area contributed by atoms with Gasteiger partial charge >= 0.3 is 11.9 Å². The van der Waals surface area contributed by atoms with Crippen LogP contribution in [-0.2, 0) is 6.42 Å². The van der Waals surface area contributed by atoms with Gasteiger partial charge < -0.3 is 10.2 Å². The Morgan fingerprint density at radius 2 is 1.21 bits per heavy atom. The van der Waals surface area contributed by atoms with Crippen LogP contribution in [0.2, 0.25) is 0 Å². The number of hydrogen-bond acceptors (Lipinski definition) is 2. The molecule has 1 rings (SSSR count). The number of benzene rings is 1. The summed E-state index contributed by atoms with van der Waals surface area (Å²) in [6.45, 7) is 8.76. The van der Waals surface area contributed by atoms with E-state index in [2.05, 4.69) is 27.7 Å². The van der Waals surface area contributed by atoms with Gasteiger partial charge in [0.1, 0.15) is 0 Å². The summed E-state index contributed by atoms with van der Waals surface area (Å²) in [6.07, 6.45) is 18.1. The Kier molecular flexibility index (Phi) is 14.8. The van der Waals surface area contributed by atoms with Crippen LogP contribution in [0.15, 0.2) is 12.1 Å². The summed E-state index contributed by atoms with van der Waals surface area (Å²) in [6, 6.07) is 3.28. The summed E-state index contributed by atoms with van der Waals surface area (Å²) < 4.78 is 0. The van der Waals surface area contributed by atoms with Crippen molar-refractivity contribution >= 4 is 11.9 Å². The fourth-order valence-electron chi connectivity index (χ4n) is 4.66. The van der Waals surface area contributed by atoms with Crippen LogP contribution in [0.5, 0.6) is 0 Å². The Morgan fingerprint density at radius 1 is 0.727 bits per heavy atom. The van der Waals surface area contributed by atoms with Crippen LogP contribution in [0.3, 0.4) is 0 Å². The van der Waals surface area contributed by atoms with Crippen LogP contribution in [0.4, 0.5) is 0 Å². The van der Waals surface area contributed by atoms with Gasteiger partial charge in [0.25, 0.3) is 0 Å². The Balaban J connectivity index is 2.36. The van der Waals surface area contributed by atoms with Crippen molar-refractivity contribution in [2.75, 3.05) is 0 Å². The molecule has 188 valence electrons. The molecular weight excluding hydrogens is 412 g/mol. The number of carboxylic acid groups (broad SMARTS) is 2. The number of carbonyl (C=O) groups is 2. The molecule has 1 atom stereocenters. The highest BCUT2D eigenvalue weighted by Gasteiger charge is 2.24. The molecule has 0 amide bonds. The Morgan fingerprint density at radius 3 is 1.64 bits per heavy atom. The summed E-state index contributed by atoms with van der Waals surface area (Å²) >= 11 is 0. The predicted octanol–water partition coefficient (Wildman–Crippen LogP) is 8.87. The first-order valence-corrected chi connectivity index (χ1v) is 13.4. The lowest BCUT2D eigenvalue weighted by atomic mass is 9.85. The fraction of sp³-hybridized carbons (Fsp3) is 0.724. The normalized spacial score (nSPS) is 12.3. The van der Waals surface area contributed by atoms with E-state index in [1.807, 2.05) is 6.07 Å². The molecule has 1 aromatic carbocycles. The number of hydrogen-bond donors (Lipinski definition) is 2. The highest BCUT2D eigenvalue weighted by molar-refractivity contribution is 6.03. The van der Waals surface area contributed by atoms with E-state index in [1.165, 1.54) is 70.3 Å². The number of aromatic carboxylic acids is 2. The first kappa shape index (κ1) is 29.2. The molecule has 0 heterocycles. The fourth-order valence-corrected chi connectivity index (χ4v) is 4.66. The molecule has 4 heteroatoms. The monoisotopic (exact) mass is 460 g/mol. The van der Waals surface area contributed by atoms with Crippen molar-refractivity contribution in [1.29, 1.82) is 0 Å². The van der Waals surface area contributed by atoms with E-state index in [9.17, 15) is 19.8 Å². The minimum Gasteiger partial charge on any atom is -0.478 e. The molecular formula is C29H48O4. The quantitative estimate of drug-likeness (QED) is 0.202. The molecule has 0 radical (unpaired) electrons. The van der Waals surface area contributed by atoms with Crippen molar-refractivity contribution < 1.29 is 19.8 Å². The van der Waals surface area contributed by atoms with Gasteiger partial charge in [-0.05, 0) is 48.3 Å². The molecule has 33 heavy (non-hydrogen) atoms. The molecule has 0 aliphatic carbocycles. The lowest BCUT2D eigenvalue weighted by Crippen LogP contribution is -2.15. The van der Waals surface area contributed by atoms with Gasteiger partial charge in [0.05, 0.1) is 11.1 Å². The van der Waals surface area contributed by atoms with Gasteiger partial charge in [-0.1, -0.05) is 111 Å². The third-order valence-electron chi connectivity index (χ3n) is 6.89. The van der Waals surface area contributed by atoms with E-state index in [4.69, 9.17) is 0 Å². The van der Waals surface area contributed by atoms with Crippen molar-refractivity contribution in [3.05, 3.63) is 34.4 Å². The standard InChI is InChI=1S/C29H48O4/c1-5-23(4)24-20-21-26(28(30)31)27(29(32)33)25(24)19-17-15-13-11-9-7-6-8-10-12-14-16-18-22(2)3/h20-23H,5-19H2,1-4H3,(H,30,31)(H,32,33). The first-order valence-electron chi connectivity index (χ1n) is 13.4. The van der Waals surface area contributed by atoms with Crippen molar-refractivity contribution in [2.45, 2.75) is 130 Å². The van der Waals surface area contributed by atoms with Crippen LogP contribution in [0.1, 0.15) is 155 Å². The Hall–Kier alpha value is -1.84. The van der Waals surface area contributed by atoms with Gasteiger partial charge in [0, 0.05) is 0 Å². The molecule has 0 aromatic heterocycles. The van der Waals surface area contributed by atoms with Crippen LogP contribution in [0, 0.1) is 5.92 Å². The maximum Gasteiger partial charge on any atom is 0.336 e. The second-order valence-electron chi connectivity index (χ2n) is 10.2. The van der Waals surface area contributed by atoms with Crippen molar-refractivity contribution in [1.82, 2.24) is 0 Å². The number of carboxylic acids is 2. The molecule has 1 unspecified atom stereocenters. The van der Waals surface area contributed by atoms with Crippen molar-refractivity contribution in [3.8, 4) is 0 Å². The zero-order chi connectivity index (χ0) is 24.6. The van der Waals surface area contributed by atoms with Gasteiger partial charge in [0.2, 0.25) is 0 Å². The maximum absolute atomic E-state index is 11.9. The minimum absolute atomic E-state index is 0.00972. The average Bonchev–Trinajstić information content (AvgIpc) is 2.77. The van der Waals surface area contributed by atoms with Crippen LogP contribution in [-0.4, -0.2) is 22.2 Å². The van der Waals surface area contributed by atoms with Gasteiger partial charge in [-0.25, -0.2) is 9.59 Å². The zero-order valence-electron chi connectivity index (χ0n) is 21.6. The molecule has 0 bridgehead atoms. The Bertz CT molecular complexity index is 708. The van der Waals surface area contributed by atoms with Crippen LogP contribution < -0.4 is 0 Å². The van der Waals surface area contributed by atoms with Crippen LogP contribution >= 0.6 is 0 Å². The van der Waals surface area contributed by atoms with Gasteiger partial charge in [0.15, 0.2) is 0 Å². The first-order chi connectivity index (χ1) is 15.8. The summed E-state index contributed by atoms with van der Waals surface area (Å²) in [5.74, 6) is -1.25. The van der Waals surface area contributed by atoms with Gasteiger partial charge in [-0.15, -0.1) is 0 Å². The van der Waals surface area contributed by atoms with Gasteiger partial charge in [-0.3, -0.25) is 0 Å². The second-order valence-corrected chi connectivity index (χ2v) is 10.2. The van der Waals surface area contributed by atoms with E-state index in [0.29, 0.717) is 6.42 Å². The predicted molar refractivity (Wildman–Crippen MR) is 138 cm³/mol. The number of rotatable bonds is 19. The van der Waals surface area contributed by atoms with Gasteiger partial charge in [-0.2, -0.15) is 0 Å². The smallest absolute Gasteiger partial charge is 0.336 e. The summed E-state index contributed by atoms with van der Waals surface area (Å²) in [7, 11) is 0. The number of unbranched alkanes of at least 4 members (excludes halogenated alkanes) is 11. The third-order valence-corrected chi connectivity index (χ3v) is 6.89. The van der Waals surface area contributed by atoms with E-state index < -0.39 is 11.9 Å². The topological polar surface area (TPSA) is 74.6 Å². The van der Waals surface area contributed by atoms with Crippen molar-refractivity contribution in [3.63, 3.8) is 0 Å². The largest absolute Gasteiger partial charge is 0.478 e. The lowest BCUT2D eigenvalue weighted by molar-refractivity contribution is 0.0650. The molecule has 0 aliphatic heterocycles. The Labute approximate surface area is 202 Å². The molecule has 4 nitrogen and oxygen atoms in total. The van der Waals surface area contributed by atoms with E-state index in [-0.39, 0.29) is 17.0 Å². The minimum atomic E-state index is -1.17. The molecule has 0 spiro atoms. The SMILES string of the molecule is CCC(C)c1ccc(C(=O)O)c(C(=O)O)c1CCCCCCCCCCCCCCC(C)C. The maximum atomic E-state index is 11.9. The van der Waals surface area contributed by atoms with E-state index >= 15 is 0 Å². The summed E-state index contributed by atoms with van der Waals surface area (Å²) in [4.78, 5) is 23.5. The summed E-state index contributed by atoms with van der Waals surface area (Å²) in [5, 5.41) is 19.2. The van der Waals surface area contributed by atoms with E-state index in [0.717, 1.165) is 42.7 Å². The highest BCUT2D eigenvalue weighted by atomic mass is 16.4. The van der Waals surface area contributed by atoms with Crippen molar-refractivity contribution in [2.24, 2.45) is 5.92 Å². The molecule has 0 saturated carbocycles. The van der Waals surface area contributed by atoms with Crippen LogP contribution in [0.25, 0.3) is 0 Å². The second kappa shape index (κ2) is 16.7.